The van der Waals surface area contributed by atoms with Crippen LogP contribution in [-0.4, -0.2) is 0 Å². The quantitative estimate of drug-likeness (QED) is 0.562. The minimum absolute atomic E-state index is 0.787. The number of allylic oxidation sites excluding steroid dienone is 2. The monoisotopic (exact) mass is 180 g/mol. The predicted molar refractivity (Wildman–Crippen MR) is 59.7 cm³/mol. The van der Waals surface area contributed by atoms with E-state index in [0.29, 0.717) is 0 Å². The SMILES string of the molecule is CCC1=C(C(C)C)CC1C(C)CC. The van der Waals surface area contributed by atoms with Crippen molar-refractivity contribution in [2.45, 2.75) is 53.9 Å². The second kappa shape index (κ2) is 4.30. The molecule has 0 aliphatic heterocycles. The van der Waals surface area contributed by atoms with Gasteiger partial charge in [-0.05, 0) is 30.6 Å². The molecule has 0 heterocycles. The zero-order chi connectivity index (χ0) is 10.0. The van der Waals surface area contributed by atoms with Gasteiger partial charge in [-0.2, -0.15) is 0 Å². The molecule has 0 bridgehead atoms. The molecule has 1 aliphatic carbocycles. The lowest BCUT2D eigenvalue weighted by Gasteiger charge is -2.39. The van der Waals surface area contributed by atoms with Gasteiger partial charge in [0, 0.05) is 0 Å². The van der Waals surface area contributed by atoms with Crippen molar-refractivity contribution in [1.82, 2.24) is 0 Å². The molecule has 0 nitrogen and oxygen atoms in total. The first-order valence-corrected chi connectivity index (χ1v) is 5.83. The molecular formula is C13H24. The van der Waals surface area contributed by atoms with Crippen molar-refractivity contribution in [3.63, 3.8) is 0 Å². The molecule has 0 spiro atoms. The van der Waals surface area contributed by atoms with Crippen LogP contribution in [0.15, 0.2) is 11.1 Å². The average Bonchev–Trinajstić information content (AvgIpc) is 2.02. The highest BCUT2D eigenvalue weighted by Crippen LogP contribution is 2.45. The highest BCUT2D eigenvalue weighted by Gasteiger charge is 2.32. The third kappa shape index (κ3) is 1.98. The fourth-order valence-electron chi connectivity index (χ4n) is 2.52. The Morgan fingerprint density at radius 3 is 2.23 bits per heavy atom. The first kappa shape index (κ1) is 10.8. The van der Waals surface area contributed by atoms with E-state index in [2.05, 4.69) is 34.6 Å². The van der Waals surface area contributed by atoms with Gasteiger partial charge in [-0.1, -0.05) is 52.2 Å². The van der Waals surface area contributed by atoms with Crippen molar-refractivity contribution in [1.29, 1.82) is 0 Å². The van der Waals surface area contributed by atoms with Gasteiger partial charge in [0.15, 0.2) is 0 Å². The molecule has 0 N–H and O–H groups in total. The third-order valence-corrected chi connectivity index (χ3v) is 3.71. The molecule has 1 rings (SSSR count). The van der Waals surface area contributed by atoms with Crippen molar-refractivity contribution >= 4 is 0 Å². The van der Waals surface area contributed by atoms with Crippen molar-refractivity contribution in [3.8, 4) is 0 Å². The second-order valence-corrected chi connectivity index (χ2v) is 4.75. The molecule has 2 unspecified atom stereocenters. The smallest absolute Gasteiger partial charge is 0.0137 e. The minimum atomic E-state index is 0.787. The molecule has 0 saturated carbocycles. The van der Waals surface area contributed by atoms with E-state index in [9.17, 15) is 0 Å². The number of hydrogen-bond donors (Lipinski definition) is 0. The second-order valence-electron chi connectivity index (χ2n) is 4.75. The topological polar surface area (TPSA) is 0 Å². The normalized spacial score (nSPS) is 24.9. The Morgan fingerprint density at radius 2 is 1.85 bits per heavy atom. The van der Waals surface area contributed by atoms with Crippen molar-refractivity contribution < 1.29 is 0 Å². The summed E-state index contributed by atoms with van der Waals surface area (Å²) in [4.78, 5) is 0. The number of rotatable bonds is 4. The molecular weight excluding hydrogens is 156 g/mol. The summed E-state index contributed by atoms with van der Waals surface area (Å²) in [5, 5.41) is 0. The van der Waals surface area contributed by atoms with Crippen molar-refractivity contribution in [3.05, 3.63) is 11.1 Å². The standard InChI is InChI=1S/C13H24/c1-6-10(5)13-8-12(9(3)4)11(13)7-2/h9-10,13H,6-8H2,1-5H3. The zero-order valence-electron chi connectivity index (χ0n) is 9.85. The Balaban J connectivity index is 2.68. The molecule has 2 atom stereocenters. The van der Waals surface area contributed by atoms with Crippen LogP contribution < -0.4 is 0 Å². The van der Waals surface area contributed by atoms with Crippen LogP contribution in [0.2, 0.25) is 0 Å². The predicted octanol–water partition coefficient (Wildman–Crippen LogP) is 4.42. The van der Waals surface area contributed by atoms with E-state index in [0.717, 1.165) is 17.8 Å². The highest BCUT2D eigenvalue weighted by molar-refractivity contribution is 5.30. The lowest BCUT2D eigenvalue weighted by Crippen LogP contribution is -2.26. The molecule has 13 heavy (non-hydrogen) atoms. The Hall–Kier alpha value is -0.260. The highest BCUT2D eigenvalue weighted by atomic mass is 14.4. The van der Waals surface area contributed by atoms with E-state index in [1.165, 1.54) is 19.3 Å². The van der Waals surface area contributed by atoms with E-state index < -0.39 is 0 Å². The van der Waals surface area contributed by atoms with E-state index >= 15 is 0 Å². The van der Waals surface area contributed by atoms with Crippen LogP contribution in [0.4, 0.5) is 0 Å². The fraction of sp³-hybridized carbons (Fsp3) is 0.846. The molecule has 0 heteroatoms. The van der Waals surface area contributed by atoms with E-state index in [-0.39, 0.29) is 0 Å². The fourth-order valence-corrected chi connectivity index (χ4v) is 2.52. The van der Waals surface area contributed by atoms with Crippen LogP contribution >= 0.6 is 0 Å². The summed E-state index contributed by atoms with van der Waals surface area (Å²) in [7, 11) is 0. The van der Waals surface area contributed by atoms with Gasteiger partial charge in [0.1, 0.15) is 0 Å². The molecule has 0 aromatic carbocycles. The van der Waals surface area contributed by atoms with Gasteiger partial charge < -0.3 is 0 Å². The number of hydrogen-bond acceptors (Lipinski definition) is 0. The Labute approximate surface area is 83.4 Å². The molecule has 0 fully saturated rings. The van der Waals surface area contributed by atoms with Crippen LogP contribution in [0.3, 0.4) is 0 Å². The zero-order valence-corrected chi connectivity index (χ0v) is 9.85. The maximum absolute atomic E-state index is 2.40. The molecule has 0 radical (unpaired) electrons. The summed E-state index contributed by atoms with van der Waals surface area (Å²) >= 11 is 0. The van der Waals surface area contributed by atoms with Crippen LogP contribution in [0.5, 0.6) is 0 Å². The minimum Gasteiger partial charge on any atom is -0.0676 e. The van der Waals surface area contributed by atoms with Crippen LogP contribution in [0.1, 0.15) is 53.9 Å². The van der Waals surface area contributed by atoms with Crippen molar-refractivity contribution in [2.75, 3.05) is 0 Å². The molecule has 76 valence electrons. The van der Waals surface area contributed by atoms with Gasteiger partial charge in [0.2, 0.25) is 0 Å². The molecule has 0 saturated heterocycles. The van der Waals surface area contributed by atoms with Gasteiger partial charge >= 0.3 is 0 Å². The van der Waals surface area contributed by atoms with E-state index in [1.54, 1.807) is 11.1 Å². The van der Waals surface area contributed by atoms with Gasteiger partial charge in [-0.25, -0.2) is 0 Å². The largest absolute Gasteiger partial charge is 0.0676 e. The molecule has 0 aromatic heterocycles. The summed E-state index contributed by atoms with van der Waals surface area (Å²) in [5.74, 6) is 2.61. The lowest BCUT2D eigenvalue weighted by atomic mass is 9.66. The average molecular weight is 180 g/mol. The van der Waals surface area contributed by atoms with Crippen LogP contribution in [0, 0.1) is 17.8 Å². The lowest BCUT2D eigenvalue weighted by molar-refractivity contribution is 0.330. The Kier molecular flexibility index (Phi) is 3.58. The Bertz CT molecular complexity index is 198. The molecule has 0 amide bonds. The molecule has 1 aliphatic rings. The maximum Gasteiger partial charge on any atom is -0.0137 e. The first-order chi connectivity index (χ1) is 6.11. The van der Waals surface area contributed by atoms with Crippen molar-refractivity contribution in [2.24, 2.45) is 17.8 Å². The van der Waals surface area contributed by atoms with Gasteiger partial charge in [0.05, 0.1) is 0 Å². The van der Waals surface area contributed by atoms with Crippen LogP contribution in [0.25, 0.3) is 0 Å². The summed E-state index contributed by atoms with van der Waals surface area (Å²) in [6.45, 7) is 11.7. The van der Waals surface area contributed by atoms with Gasteiger partial charge in [-0.3, -0.25) is 0 Å². The first-order valence-electron chi connectivity index (χ1n) is 5.83. The van der Waals surface area contributed by atoms with Gasteiger partial charge in [-0.15, -0.1) is 0 Å². The summed E-state index contributed by atoms with van der Waals surface area (Å²) in [6, 6.07) is 0. The molecule has 0 aromatic rings. The summed E-state index contributed by atoms with van der Waals surface area (Å²) in [5.41, 5.74) is 3.54. The third-order valence-electron chi connectivity index (χ3n) is 3.71. The van der Waals surface area contributed by atoms with E-state index in [1.807, 2.05) is 0 Å². The summed E-state index contributed by atoms with van der Waals surface area (Å²) < 4.78 is 0. The van der Waals surface area contributed by atoms with E-state index in [4.69, 9.17) is 0 Å². The maximum atomic E-state index is 2.40. The van der Waals surface area contributed by atoms with Crippen LogP contribution in [-0.2, 0) is 0 Å². The Morgan fingerprint density at radius 1 is 1.23 bits per heavy atom. The van der Waals surface area contributed by atoms with Gasteiger partial charge in [0.25, 0.3) is 0 Å². The summed E-state index contributed by atoms with van der Waals surface area (Å²) in [6.07, 6.45) is 4.00.